The third-order valence-electron chi connectivity index (χ3n) is 3.11. The lowest BCUT2D eigenvalue weighted by Gasteiger charge is -2.24. The molecule has 1 fully saturated rings. The van der Waals surface area contributed by atoms with Crippen molar-refractivity contribution in [1.29, 1.82) is 0 Å². The van der Waals surface area contributed by atoms with Gasteiger partial charge in [0.25, 0.3) is 5.91 Å². The Hall–Kier alpha value is -1.27. The summed E-state index contributed by atoms with van der Waals surface area (Å²) in [6.45, 7) is 1.48. The summed E-state index contributed by atoms with van der Waals surface area (Å²) in [4.78, 5) is 11.9. The van der Waals surface area contributed by atoms with E-state index in [1.54, 1.807) is 0 Å². The molecule has 2 N–H and O–H groups in total. The number of carbonyl (C=O) groups excluding carboxylic acids is 1. The number of benzene rings is 1. The van der Waals surface area contributed by atoms with Crippen molar-refractivity contribution >= 4 is 18.3 Å². The van der Waals surface area contributed by atoms with Crippen LogP contribution in [-0.4, -0.2) is 25.0 Å². The second kappa shape index (κ2) is 6.95. The highest BCUT2D eigenvalue weighted by atomic mass is 35.5. The molecule has 1 saturated heterocycles. The van der Waals surface area contributed by atoms with Gasteiger partial charge in [0.15, 0.2) is 0 Å². The zero-order valence-corrected chi connectivity index (χ0v) is 11.5. The highest BCUT2D eigenvalue weighted by Crippen LogP contribution is 2.31. The summed E-state index contributed by atoms with van der Waals surface area (Å²) in [5.41, 5.74) is -1.21. The fourth-order valence-corrected chi connectivity index (χ4v) is 2.17. The van der Waals surface area contributed by atoms with Gasteiger partial charge >= 0.3 is 6.18 Å². The highest BCUT2D eigenvalue weighted by Gasteiger charge is 2.35. The molecule has 1 aromatic rings. The molecule has 1 heterocycles. The number of rotatable bonds is 2. The van der Waals surface area contributed by atoms with Gasteiger partial charge in [-0.15, -0.1) is 12.4 Å². The molecule has 1 aromatic carbocycles. The van der Waals surface area contributed by atoms with Gasteiger partial charge in [-0.3, -0.25) is 4.79 Å². The zero-order chi connectivity index (χ0) is 13.9. The first kappa shape index (κ1) is 16.8. The van der Waals surface area contributed by atoms with Crippen molar-refractivity contribution in [2.24, 2.45) is 0 Å². The average molecular weight is 309 g/mol. The number of carbonyl (C=O) groups is 1. The third-order valence-corrected chi connectivity index (χ3v) is 3.11. The zero-order valence-electron chi connectivity index (χ0n) is 10.7. The van der Waals surface area contributed by atoms with Crippen LogP contribution in [0.1, 0.15) is 28.8 Å². The molecule has 7 heteroatoms. The summed E-state index contributed by atoms with van der Waals surface area (Å²) in [5.74, 6) is -0.665. The van der Waals surface area contributed by atoms with E-state index in [2.05, 4.69) is 10.6 Å². The number of piperidine rings is 1. The number of hydrogen-bond acceptors (Lipinski definition) is 2. The van der Waals surface area contributed by atoms with Crippen molar-refractivity contribution in [2.75, 3.05) is 13.1 Å². The Morgan fingerprint density at radius 2 is 2.00 bits per heavy atom. The second-order valence-electron chi connectivity index (χ2n) is 4.56. The average Bonchev–Trinajstić information content (AvgIpc) is 2.39. The molecule has 0 saturated carbocycles. The fraction of sp³-hybridized carbons (Fsp3) is 0.462. The number of nitrogens with one attached hydrogen (secondary N) is 2. The van der Waals surface area contributed by atoms with E-state index in [0.717, 1.165) is 25.5 Å². The van der Waals surface area contributed by atoms with Crippen LogP contribution in [0.4, 0.5) is 13.2 Å². The molecule has 1 aliphatic heterocycles. The molecule has 0 aliphatic carbocycles. The molecule has 1 amide bonds. The van der Waals surface area contributed by atoms with Gasteiger partial charge in [0.05, 0.1) is 11.1 Å². The van der Waals surface area contributed by atoms with E-state index >= 15 is 0 Å². The van der Waals surface area contributed by atoms with Gasteiger partial charge in [-0.2, -0.15) is 13.2 Å². The van der Waals surface area contributed by atoms with Crippen LogP contribution in [0, 0.1) is 0 Å². The number of alkyl halides is 3. The lowest BCUT2D eigenvalue weighted by atomic mass is 10.0. The van der Waals surface area contributed by atoms with Crippen molar-refractivity contribution < 1.29 is 18.0 Å². The van der Waals surface area contributed by atoms with Crippen LogP contribution in [0.5, 0.6) is 0 Å². The molecule has 0 unspecified atom stereocenters. The lowest BCUT2D eigenvalue weighted by molar-refractivity contribution is -0.137. The molecular formula is C13H16ClF3N2O. The van der Waals surface area contributed by atoms with Crippen LogP contribution < -0.4 is 10.6 Å². The summed E-state index contributed by atoms with van der Waals surface area (Å²) >= 11 is 0. The Balaban J connectivity index is 0.00000200. The number of halogens is 4. The van der Waals surface area contributed by atoms with Crippen molar-refractivity contribution in [3.63, 3.8) is 0 Å². The summed E-state index contributed by atoms with van der Waals surface area (Å²) in [5, 5.41) is 5.75. The Kier molecular flexibility index (Phi) is 5.83. The van der Waals surface area contributed by atoms with Gasteiger partial charge in [0.1, 0.15) is 0 Å². The summed E-state index contributed by atoms with van der Waals surface area (Å²) in [6, 6.07) is 4.73. The van der Waals surface area contributed by atoms with Crippen molar-refractivity contribution in [1.82, 2.24) is 10.6 Å². The molecule has 112 valence electrons. The Labute approximate surface area is 121 Å². The van der Waals surface area contributed by atoms with E-state index in [1.807, 2.05) is 0 Å². The molecule has 2 rings (SSSR count). The van der Waals surface area contributed by atoms with E-state index in [1.165, 1.54) is 18.2 Å². The van der Waals surface area contributed by atoms with Gasteiger partial charge in [-0.25, -0.2) is 0 Å². The lowest BCUT2D eigenvalue weighted by Crippen LogP contribution is -2.45. The minimum absolute atomic E-state index is 0. The molecule has 20 heavy (non-hydrogen) atoms. The predicted octanol–water partition coefficient (Wildman–Crippen LogP) is 2.61. The Bertz CT molecular complexity index is 459. The summed E-state index contributed by atoms with van der Waals surface area (Å²) < 4.78 is 38.4. The molecule has 0 radical (unpaired) electrons. The first-order valence-electron chi connectivity index (χ1n) is 6.16. The number of hydrogen-bond donors (Lipinski definition) is 2. The van der Waals surface area contributed by atoms with Crippen molar-refractivity contribution in [3.05, 3.63) is 35.4 Å². The molecule has 0 spiro atoms. The monoisotopic (exact) mass is 308 g/mol. The predicted molar refractivity (Wildman–Crippen MR) is 72.0 cm³/mol. The maximum atomic E-state index is 12.8. The van der Waals surface area contributed by atoms with Crippen LogP contribution in [-0.2, 0) is 6.18 Å². The van der Waals surface area contributed by atoms with Crippen LogP contribution in [0.2, 0.25) is 0 Å². The molecular weight excluding hydrogens is 293 g/mol. The Morgan fingerprint density at radius 1 is 1.30 bits per heavy atom. The Morgan fingerprint density at radius 3 is 2.60 bits per heavy atom. The van der Waals surface area contributed by atoms with E-state index in [-0.39, 0.29) is 24.0 Å². The van der Waals surface area contributed by atoms with Crippen LogP contribution >= 0.6 is 12.4 Å². The van der Waals surface area contributed by atoms with Gasteiger partial charge in [0, 0.05) is 12.6 Å². The van der Waals surface area contributed by atoms with Crippen molar-refractivity contribution in [2.45, 2.75) is 25.1 Å². The van der Waals surface area contributed by atoms with Gasteiger partial charge in [0.2, 0.25) is 0 Å². The van der Waals surface area contributed by atoms with Gasteiger partial charge < -0.3 is 10.6 Å². The summed E-state index contributed by atoms with van der Waals surface area (Å²) in [6.07, 6.45) is -2.82. The van der Waals surface area contributed by atoms with E-state index in [4.69, 9.17) is 0 Å². The largest absolute Gasteiger partial charge is 0.417 e. The molecule has 3 nitrogen and oxygen atoms in total. The molecule has 1 aliphatic rings. The first-order chi connectivity index (χ1) is 8.98. The van der Waals surface area contributed by atoms with E-state index in [9.17, 15) is 18.0 Å². The maximum Gasteiger partial charge on any atom is 0.417 e. The molecule has 0 aromatic heterocycles. The topological polar surface area (TPSA) is 41.1 Å². The highest BCUT2D eigenvalue weighted by molar-refractivity contribution is 5.96. The smallest absolute Gasteiger partial charge is 0.348 e. The minimum Gasteiger partial charge on any atom is -0.348 e. The van der Waals surface area contributed by atoms with Crippen LogP contribution in [0.3, 0.4) is 0 Å². The van der Waals surface area contributed by atoms with Gasteiger partial charge in [-0.05, 0) is 31.5 Å². The van der Waals surface area contributed by atoms with Gasteiger partial charge in [-0.1, -0.05) is 12.1 Å². The normalized spacial score (nSPS) is 19.1. The van der Waals surface area contributed by atoms with Crippen molar-refractivity contribution in [3.8, 4) is 0 Å². The van der Waals surface area contributed by atoms with E-state index < -0.39 is 17.6 Å². The standard InChI is InChI=1S/C13H15F3N2O.ClH/c14-13(15,16)11-6-2-1-5-10(11)12(19)18-9-4-3-7-17-8-9;/h1-2,5-6,9,17H,3-4,7-8H2,(H,18,19);1H/t9-;/m1./s1. The minimum atomic E-state index is -4.52. The number of amides is 1. The molecule has 1 atom stereocenters. The molecule has 0 bridgehead atoms. The summed E-state index contributed by atoms with van der Waals surface area (Å²) in [7, 11) is 0. The first-order valence-corrected chi connectivity index (χ1v) is 6.16. The quantitative estimate of drug-likeness (QED) is 0.882. The van der Waals surface area contributed by atoms with Crippen LogP contribution in [0.25, 0.3) is 0 Å². The SMILES string of the molecule is Cl.O=C(N[C@@H]1CCCNC1)c1ccccc1C(F)(F)F. The van der Waals surface area contributed by atoms with Crippen LogP contribution in [0.15, 0.2) is 24.3 Å². The third kappa shape index (κ3) is 4.11. The maximum absolute atomic E-state index is 12.8. The second-order valence-corrected chi connectivity index (χ2v) is 4.56. The fourth-order valence-electron chi connectivity index (χ4n) is 2.17. The van der Waals surface area contributed by atoms with E-state index in [0.29, 0.717) is 6.54 Å².